The van der Waals surface area contributed by atoms with Crippen molar-refractivity contribution in [3.8, 4) is 0 Å². The van der Waals surface area contributed by atoms with Crippen molar-refractivity contribution in [3.05, 3.63) is 47.6 Å². The van der Waals surface area contributed by atoms with Crippen molar-refractivity contribution >= 4 is 12.4 Å². The molecule has 114 valence electrons. The molecule has 21 heavy (non-hydrogen) atoms. The number of rotatable bonds is 4. The molecule has 1 aliphatic rings. The van der Waals surface area contributed by atoms with Crippen LogP contribution in [-0.4, -0.2) is 28.1 Å². The van der Waals surface area contributed by atoms with Gasteiger partial charge in [0.05, 0.1) is 13.1 Å². The lowest BCUT2D eigenvalue weighted by atomic mass is 9.89. The molecule has 2 N–H and O–H groups in total. The second-order valence-corrected chi connectivity index (χ2v) is 5.27. The van der Waals surface area contributed by atoms with Crippen molar-refractivity contribution < 1.29 is 4.52 Å². The van der Waals surface area contributed by atoms with E-state index in [1.807, 2.05) is 0 Å². The summed E-state index contributed by atoms with van der Waals surface area (Å²) in [5, 5.41) is 3.95. The molecule has 0 saturated carbocycles. The first-order valence-electron chi connectivity index (χ1n) is 7.14. The Hall–Kier alpha value is -1.43. The van der Waals surface area contributed by atoms with Crippen molar-refractivity contribution in [3.63, 3.8) is 0 Å². The van der Waals surface area contributed by atoms with E-state index in [-0.39, 0.29) is 12.4 Å². The van der Waals surface area contributed by atoms with Gasteiger partial charge in [-0.3, -0.25) is 4.90 Å². The van der Waals surface area contributed by atoms with Gasteiger partial charge in [0, 0.05) is 0 Å². The minimum Gasteiger partial charge on any atom is -0.338 e. The first-order chi connectivity index (χ1) is 9.85. The van der Waals surface area contributed by atoms with E-state index >= 15 is 0 Å². The number of hydrogen-bond acceptors (Lipinski definition) is 5. The molecule has 2 aromatic rings. The number of nitrogens with zero attached hydrogens (tertiary/aromatic N) is 3. The molecule has 3 rings (SSSR count). The second kappa shape index (κ2) is 7.54. The Morgan fingerprint density at radius 3 is 2.52 bits per heavy atom. The van der Waals surface area contributed by atoms with E-state index in [9.17, 15) is 0 Å². The summed E-state index contributed by atoms with van der Waals surface area (Å²) < 4.78 is 5.03. The van der Waals surface area contributed by atoms with E-state index in [0.29, 0.717) is 18.4 Å². The molecule has 1 aromatic heterocycles. The van der Waals surface area contributed by atoms with Crippen molar-refractivity contribution in [1.82, 2.24) is 15.0 Å². The number of piperidine rings is 1. The smallest absolute Gasteiger partial charge is 0.240 e. The van der Waals surface area contributed by atoms with Gasteiger partial charge in [-0.05, 0) is 37.4 Å². The summed E-state index contributed by atoms with van der Waals surface area (Å²) >= 11 is 0. The van der Waals surface area contributed by atoms with Gasteiger partial charge in [-0.25, -0.2) is 0 Å². The van der Waals surface area contributed by atoms with Gasteiger partial charge in [0.25, 0.3) is 0 Å². The van der Waals surface area contributed by atoms with Crippen LogP contribution >= 0.6 is 12.4 Å². The third kappa shape index (κ3) is 4.03. The molecule has 0 aliphatic carbocycles. The van der Waals surface area contributed by atoms with Gasteiger partial charge >= 0.3 is 0 Å². The summed E-state index contributed by atoms with van der Waals surface area (Å²) in [6.07, 6.45) is 2.37. The monoisotopic (exact) mass is 308 g/mol. The van der Waals surface area contributed by atoms with Crippen LogP contribution in [-0.2, 0) is 13.1 Å². The van der Waals surface area contributed by atoms with E-state index in [1.54, 1.807) is 0 Å². The maximum Gasteiger partial charge on any atom is 0.240 e. The van der Waals surface area contributed by atoms with E-state index in [2.05, 4.69) is 45.4 Å². The summed E-state index contributed by atoms with van der Waals surface area (Å²) in [6, 6.07) is 10.8. The Labute approximate surface area is 130 Å². The van der Waals surface area contributed by atoms with Gasteiger partial charge < -0.3 is 10.3 Å². The zero-order chi connectivity index (χ0) is 13.8. The van der Waals surface area contributed by atoms with Crippen LogP contribution in [0.1, 0.15) is 36.0 Å². The van der Waals surface area contributed by atoms with Crippen LogP contribution in [0.3, 0.4) is 0 Å². The van der Waals surface area contributed by atoms with Crippen LogP contribution in [0.2, 0.25) is 0 Å². The SMILES string of the molecule is Cl.NCc1nc(CN2CCC(c3ccccc3)CC2)no1. The first-order valence-corrected chi connectivity index (χ1v) is 7.14. The molecular formula is C15H21ClN4O. The number of halogens is 1. The molecule has 1 fully saturated rings. The number of nitrogens with two attached hydrogens (primary N) is 1. The maximum atomic E-state index is 5.47. The first kappa shape index (κ1) is 15.9. The van der Waals surface area contributed by atoms with E-state index < -0.39 is 0 Å². The minimum absolute atomic E-state index is 0. The van der Waals surface area contributed by atoms with Crippen molar-refractivity contribution in [2.24, 2.45) is 5.73 Å². The second-order valence-electron chi connectivity index (χ2n) is 5.27. The zero-order valence-corrected chi connectivity index (χ0v) is 12.8. The number of benzene rings is 1. The third-order valence-corrected chi connectivity index (χ3v) is 3.91. The van der Waals surface area contributed by atoms with Crippen molar-refractivity contribution in [2.45, 2.75) is 31.8 Å². The number of likely N-dealkylation sites (tertiary alicyclic amines) is 1. The standard InChI is InChI=1S/C15H20N4O.ClH/c16-10-15-17-14(18-20-15)11-19-8-6-13(7-9-19)12-4-2-1-3-5-12;/h1-5,13H,6-11,16H2;1H. The normalized spacial score (nSPS) is 16.6. The van der Waals surface area contributed by atoms with Gasteiger partial charge in [-0.2, -0.15) is 4.98 Å². The summed E-state index contributed by atoms with van der Waals surface area (Å²) in [5.74, 6) is 1.93. The van der Waals surface area contributed by atoms with Crippen LogP contribution in [0.25, 0.3) is 0 Å². The average Bonchev–Trinajstić information content (AvgIpc) is 2.97. The summed E-state index contributed by atoms with van der Waals surface area (Å²) in [5.41, 5.74) is 6.92. The van der Waals surface area contributed by atoms with Crippen LogP contribution in [0.4, 0.5) is 0 Å². The van der Waals surface area contributed by atoms with Crippen LogP contribution < -0.4 is 5.73 Å². The van der Waals surface area contributed by atoms with Gasteiger partial charge in [0.2, 0.25) is 5.89 Å². The predicted octanol–water partition coefficient (Wildman–Crippen LogP) is 2.33. The summed E-state index contributed by atoms with van der Waals surface area (Å²) in [6.45, 7) is 3.21. The highest BCUT2D eigenvalue weighted by molar-refractivity contribution is 5.85. The lowest BCUT2D eigenvalue weighted by molar-refractivity contribution is 0.198. The number of aromatic nitrogens is 2. The van der Waals surface area contributed by atoms with Crippen molar-refractivity contribution in [1.29, 1.82) is 0 Å². The molecule has 0 atom stereocenters. The predicted molar refractivity (Wildman–Crippen MR) is 83.1 cm³/mol. The molecule has 0 spiro atoms. The Kier molecular flexibility index (Phi) is 5.73. The highest BCUT2D eigenvalue weighted by Gasteiger charge is 2.21. The molecule has 5 nitrogen and oxygen atoms in total. The highest BCUT2D eigenvalue weighted by Crippen LogP contribution is 2.28. The Morgan fingerprint density at radius 1 is 1.19 bits per heavy atom. The largest absolute Gasteiger partial charge is 0.338 e. The molecule has 0 radical (unpaired) electrons. The van der Waals surface area contributed by atoms with E-state index in [4.69, 9.17) is 10.3 Å². The topological polar surface area (TPSA) is 68.2 Å². The quantitative estimate of drug-likeness (QED) is 0.939. The fraction of sp³-hybridized carbons (Fsp3) is 0.467. The zero-order valence-electron chi connectivity index (χ0n) is 11.9. The summed E-state index contributed by atoms with van der Waals surface area (Å²) in [4.78, 5) is 6.64. The fourth-order valence-corrected chi connectivity index (χ4v) is 2.79. The average molecular weight is 309 g/mol. The van der Waals surface area contributed by atoms with Gasteiger partial charge in [-0.1, -0.05) is 35.5 Å². The third-order valence-electron chi connectivity index (χ3n) is 3.91. The van der Waals surface area contributed by atoms with Gasteiger partial charge in [-0.15, -0.1) is 12.4 Å². The molecule has 1 aromatic carbocycles. The molecule has 0 bridgehead atoms. The number of hydrogen-bond donors (Lipinski definition) is 1. The lowest BCUT2D eigenvalue weighted by Crippen LogP contribution is -2.32. The summed E-state index contributed by atoms with van der Waals surface area (Å²) in [7, 11) is 0. The van der Waals surface area contributed by atoms with Crippen LogP contribution in [0.5, 0.6) is 0 Å². The van der Waals surface area contributed by atoms with Crippen molar-refractivity contribution in [2.75, 3.05) is 13.1 Å². The Morgan fingerprint density at radius 2 is 1.90 bits per heavy atom. The minimum atomic E-state index is 0. The molecule has 6 heteroatoms. The Bertz CT molecular complexity index is 538. The van der Waals surface area contributed by atoms with E-state index in [0.717, 1.165) is 25.5 Å². The van der Waals surface area contributed by atoms with E-state index in [1.165, 1.54) is 18.4 Å². The van der Waals surface area contributed by atoms with Crippen LogP contribution in [0.15, 0.2) is 34.9 Å². The van der Waals surface area contributed by atoms with Gasteiger partial charge in [0.15, 0.2) is 5.82 Å². The fourth-order valence-electron chi connectivity index (χ4n) is 2.79. The molecule has 0 unspecified atom stereocenters. The Balaban J connectivity index is 0.00000161. The molecule has 1 aliphatic heterocycles. The highest BCUT2D eigenvalue weighted by atomic mass is 35.5. The lowest BCUT2D eigenvalue weighted by Gasteiger charge is -2.31. The van der Waals surface area contributed by atoms with Gasteiger partial charge in [0.1, 0.15) is 0 Å². The molecule has 1 saturated heterocycles. The molecule has 0 amide bonds. The molecule has 2 heterocycles. The van der Waals surface area contributed by atoms with Crippen LogP contribution in [0, 0.1) is 0 Å². The molecular weight excluding hydrogens is 288 g/mol. The maximum absolute atomic E-state index is 5.47.